The van der Waals surface area contributed by atoms with E-state index in [1.165, 1.54) is 23.1 Å². The summed E-state index contributed by atoms with van der Waals surface area (Å²) in [7, 11) is 0. The van der Waals surface area contributed by atoms with E-state index in [1.807, 2.05) is 0 Å². The van der Waals surface area contributed by atoms with Crippen LogP contribution in [0.25, 0.3) is 0 Å². The van der Waals surface area contributed by atoms with Gasteiger partial charge in [0.15, 0.2) is 0 Å². The fourth-order valence-electron chi connectivity index (χ4n) is 2.47. The topological polar surface area (TPSA) is 75.4 Å². The smallest absolute Gasteiger partial charge is 0.255 e. The summed E-state index contributed by atoms with van der Waals surface area (Å²) < 4.78 is 13.5. The molecule has 21 heavy (non-hydrogen) atoms. The van der Waals surface area contributed by atoms with Gasteiger partial charge in [0.2, 0.25) is 5.91 Å². The molecule has 1 aliphatic rings. The minimum Gasteiger partial charge on any atom is -0.368 e. The van der Waals surface area contributed by atoms with Crippen LogP contribution in [-0.4, -0.2) is 42.4 Å². The molecule has 0 unspecified atom stereocenters. The normalized spacial score (nSPS) is 15.7. The van der Waals surface area contributed by atoms with Gasteiger partial charge in [0.05, 0.1) is 12.1 Å². The first-order valence-corrected chi connectivity index (χ1v) is 7.53. The summed E-state index contributed by atoms with van der Waals surface area (Å²) in [5, 5.41) is 3.21. The van der Waals surface area contributed by atoms with Gasteiger partial charge in [-0.3, -0.25) is 9.59 Å². The lowest BCUT2D eigenvalue weighted by Gasteiger charge is -2.34. The maximum atomic E-state index is 13.1. The average Bonchev–Trinajstić information content (AvgIpc) is 2.45. The summed E-state index contributed by atoms with van der Waals surface area (Å²) in [6.45, 7) is 1.45. The molecule has 1 saturated heterocycles. The van der Waals surface area contributed by atoms with Crippen molar-refractivity contribution in [1.29, 1.82) is 0 Å². The molecule has 3 N–H and O–H groups in total. The number of rotatable bonds is 4. The molecule has 0 saturated carbocycles. The van der Waals surface area contributed by atoms with Crippen molar-refractivity contribution in [2.24, 2.45) is 5.73 Å². The van der Waals surface area contributed by atoms with Gasteiger partial charge < -0.3 is 16.0 Å². The summed E-state index contributed by atoms with van der Waals surface area (Å²) in [6, 6.07) is 3.83. The number of piperidine rings is 1. The number of hydrogen-bond donors (Lipinski definition) is 2. The maximum absolute atomic E-state index is 13.1. The van der Waals surface area contributed by atoms with Crippen LogP contribution in [0.5, 0.6) is 0 Å². The van der Waals surface area contributed by atoms with E-state index < -0.39 is 11.7 Å². The van der Waals surface area contributed by atoms with Crippen molar-refractivity contribution in [2.45, 2.75) is 18.9 Å². The number of nitrogens with two attached hydrogens (primary N) is 1. The fraction of sp³-hybridized carbons (Fsp3) is 0.429. The molecule has 0 aliphatic carbocycles. The molecule has 0 aromatic heterocycles. The Balaban J connectivity index is 2.26. The second-order valence-corrected chi connectivity index (χ2v) is 5.86. The molecule has 0 bridgehead atoms. The van der Waals surface area contributed by atoms with Crippen LogP contribution >= 0.6 is 15.9 Å². The standard InChI is InChI=1S/C14H17BrFN3O2/c15-12-7-9(16)1-2-11(12)14(21)19(8-13(17)20)10-3-5-18-6-4-10/h1-2,7,10,18H,3-6,8H2,(H2,17,20). The summed E-state index contributed by atoms with van der Waals surface area (Å²) in [5.74, 6) is -1.30. The Morgan fingerprint density at radius 3 is 2.62 bits per heavy atom. The Hall–Kier alpha value is -1.47. The van der Waals surface area contributed by atoms with Crippen molar-refractivity contribution in [3.8, 4) is 0 Å². The molecule has 1 aromatic rings. The van der Waals surface area contributed by atoms with Gasteiger partial charge in [0.1, 0.15) is 5.82 Å². The van der Waals surface area contributed by atoms with Crippen molar-refractivity contribution >= 4 is 27.7 Å². The summed E-state index contributed by atoms with van der Waals surface area (Å²) in [6.07, 6.45) is 1.52. The molecule has 2 rings (SSSR count). The lowest BCUT2D eigenvalue weighted by Crippen LogP contribution is -2.49. The molecule has 1 fully saturated rings. The quantitative estimate of drug-likeness (QED) is 0.851. The summed E-state index contributed by atoms with van der Waals surface area (Å²) in [5.41, 5.74) is 5.59. The number of carbonyl (C=O) groups excluding carboxylic acids is 2. The zero-order valence-electron chi connectivity index (χ0n) is 11.4. The minimum atomic E-state index is -0.555. The third kappa shape index (κ3) is 4.01. The van der Waals surface area contributed by atoms with Crippen molar-refractivity contribution in [3.63, 3.8) is 0 Å². The monoisotopic (exact) mass is 357 g/mol. The maximum Gasteiger partial charge on any atom is 0.255 e. The first-order chi connectivity index (χ1) is 9.99. The third-order valence-electron chi connectivity index (χ3n) is 3.50. The number of amides is 2. The molecular weight excluding hydrogens is 341 g/mol. The van der Waals surface area contributed by atoms with Gasteiger partial charge in [-0.15, -0.1) is 0 Å². The van der Waals surface area contributed by atoms with Crippen LogP contribution in [0.1, 0.15) is 23.2 Å². The zero-order chi connectivity index (χ0) is 15.4. The second-order valence-electron chi connectivity index (χ2n) is 5.00. The number of carbonyl (C=O) groups is 2. The highest BCUT2D eigenvalue weighted by atomic mass is 79.9. The Labute approximate surface area is 130 Å². The number of benzene rings is 1. The van der Waals surface area contributed by atoms with E-state index in [-0.39, 0.29) is 18.5 Å². The largest absolute Gasteiger partial charge is 0.368 e. The number of halogens is 2. The Morgan fingerprint density at radius 2 is 2.05 bits per heavy atom. The van der Waals surface area contributed by atoms with E-state index in [0.29, 0.717) is 10.0 Å². The van der Waals surface area contributed by atoms with E-state index >= 15 is 0 Å². The zero-order valence-corrected chi connectivity index (χ0v) is 13.0. The highest BCUT2D eigenvalue weighted by molar-refractivity contribution is 9.10. The van der Waals surface area contributed by atoms with Crippen LogP contribution in [0.2, 0.25) is 0 Å². The van der Waals surface area contributed by atoms with Crippen LogP contribution in [0.4, 0.5) is 4.39 Å². The van der Waals surface area contributed by atoms with E-state index in [4.69, 9.17) is 5.73 Å². The minimum absolute atomic E-state index is 0.0387. The predicted molar refractivity (Wildman–Crippen MR) is 80.2 cm³/mol. The molecule has 1 heterocycles. The van der Waals surface area contributed by atoms with Crippen LogP contribution < -0.4 is 11.1 Å². The second kappa shape index (κ2) is 7.00. The Bertz CT molecular complexity index is 547. The van der Waals surface area contributed by atoms with Gasteiger partial charge in [-0.2, -0.15) is 0 Å². The molecule has 0 radical (unpaired) electrons. The lowest BCUT2D eigenvalue weighted by atomic mass is 10.0. The Morgan fingerprint density at radius 1 is 1.38 bits per heavy atom. The highest BCUT2D eigenvalue weighted by Gasteiger charge is 2.28. The molecule has 7 heteroatoms. The van der Waals surface area contributed by atoms with Crippen LogP contribution in [0, 0.1) is 5.82 Å². The third-order valence-corrected chi connectivity index (χ3v) is 4.15. The molecule has 5 nitrogen and oxygen atoms in total. The van der Waals surface area contributed by atoms with Gasteiger partial charge in [-0.05, 0) is 60.1 Å². The first-order valence-electron chi connectivity index (χ1n) is 6.74. The van der Waals surface area contributed by atoms with Gasteiger partial charge in [-0.25, -0.2) is 4.39 Å². The van der Waals surface area contributed by atoms with E-state index in [9.17, 15) is 14.0 Å². The van der Waals surface area contributed by atoms with Gasteiger partial charge in [0.25, 0.3) is 5.91 Å². The average molecular weight is 358 g/mol. The van der Waals surface area contributed by atoms with Crippen LogP contribution in [0.15, 0.2) is 22.7 Å². The molecule has 2 amide bonds. The predicted octanol–water partition coefficient (Wildman–Crippen LogP) is 1.27. The van der Waals surface area contributed by atoms with Crippen LogP contribution in [-0.2, 0) is 4.79 Å². The van der Waals surface area contributed by atoms with Crippen LogP contribution in [0.3, 0.4) is 0 Å². The number of nitrogens with zero attached hydrogens (tertiary/aromatic N) is 1. The first kappa shape index (κ1) is 15.9. The highest BCUT2D eigenvalue weighted by Crippen LogP contribution is 2.22. The van der Waals surface area contributed by atoms with Crippen molar-refractivity contribution < 1.29 is 14.0 Å². The lowest BCUT2D eigenvalue weighted by molar-refractivity contribution is -0.119. The van der Waals surface area contributed by atoms with Gasteiger partial charge in [-0.1, -0.05) is 0 Å². The Kier molecular flexibility index (Phi) is 5.30. The van der Waals surface area contributed by atoms with E-state index in [0.717, 1.165) is 25.9 Å². The fourth-order valence-corrected chi connectivity index (χ4v) is 2.99. The molecule has 114 valence electrons. The van der Waals surface area contributed by atoms with E-state index in [1.54, 1.807) is 0 Å². The molecule has 0 atom stereocenters. The molecular formula is C14H17BrFN3O2. The number of nitrogens with one attached hydrogen (secondary N) is 1. The van der Waals surface area contributed by atoms with E-state index in [2.05, 4.69) is 21.2 Å². The van der Waals surface area contributed by atoms with Crippen molar-refractivity contribution in [2.75, 3.05) is 19.6 Å². The molecule has 1 aliphatic heterocycles. The SMILES string of the molecule is NC(=O)CN(C(=O)c1ccc(F)cc1Br)C1CCNCC1. The van der Waals surface area contributed by atoms with Gasteiger partial charge in [0, 0.05) is 10.5 Å². The van der Waals surface area contributed by atoms with Crippen molar-refractivity contribution in [3.05, 3.63) is 34.1 Å². The molecule has 1 aromatic carbocycles. The number of hydrogen-bond acceptors (Lipinski definition) is 3. The van der Waals surface area contributed by atoms with Gasteiger partial charge >= 0.3 is 0 Å². The van der Waals surface area contributed by atoms with Crippen molar-refractivity contribution in [1.82, 2.24) is 10.2 Å². The molecule has 0 spiro atoms. The summed E-state index contributed by atoms with van der Waals surface area (Å²) in [4.78, 5) is 25.4. The number of primary amides is 1. The summed E-state index contributed by atoms with van der Waals surface area (Å²) >= 11 is 3.19.